The van der Waals surface area contributed by atoms with Gasteiger partial charge in [0.15, 0.2) is 0 Å². The van der Waals surface area contributed by atoms with E-state index in [-0.39, 0.29) is 10.8 Å². The number of nitrogens with zero attached hydrogens (tertiary/aromatic N) is 3. The minimum atomic E-state index is -3.81. The van der Waals surface area contributed by atoms with Crippen LogP contribution in [0.25, 0.3) is 0 Å². The number of rotatable bonds is 10. The molecule has 7 nitrogen and oxygen atoms in total. The van der Waals surface area contributed by atoms with E-state index in [2.05, 4.69) is 28.2 Å². The number of sulfonamides is 1. The Bertz CT molecular complexity index is 1450. The Hall–Kier alpha value is -3.10. The molecule has 4 rings (SSSR count). The largest absolute Gasteiger partial charge is 0.357 e. The highest BCUT2D eigenvalue weighted by atomic mass is 35.5. The molecule has 0 aliphatic carbocycles. The molecule has 0 unspecified atom stereocenters. The van der Waals surface area contributed by atoms with Gasteiger partial charge >= 0.3 is 0 Å². The van der Waals surface area contributed by atoms with Crippen molar-refractivity contribution in [3.05, 3.63) is 82.0 Å². The number of halogens is 1. The van der Waals surface area contributed by atoms with Crippen molar-refractivity contribution < 1.29 is 13.2 Å². The van der Waals surface area contributed by atoms with Gasteiger partial charge in [-0.3, -0.25) is 9.10 Å². The van der Waals surface area contributed by atoms with Crippen molar-refractivity contribution in [3.8, 4) is 0 Å². The molecule has 0 radical (unpaired) electrons. The number of piperidine rings is 1. The molecule has 3 aromatic rings. The van der Waals surface area contributed by atoms with Gasteiger partial charge in [-0.05, 0) is 105 Å². The number of pyridine rings is 1. The lowest BCUT2D eigenvalue weighted by Gasteiger charge is -2.33. The van der Waals surface area contributed by atoms with Crippen molar-refractivity contribution in [3.63, 3.8) is 0 Å². The maximum absolute atomic E-state index is 13.5. The molecule has 1 aliphatic rings. The number of amides is 1. The summed E-state index contributed by atoms with van der Waals surface area (Å²) in [6, 6.07) is 14.8. The average molecular weight is 583 g/mol. The van der Waals surface area contributed by atoms with Gasteiger partial charge in [-0.15, -0.1) is 0 Å². The summed E-state index contributed by atoms with van der Waals surface area (Å²) in [5.74, 6) is 1.61. The van der Waals surface area contributed by atoms with Crippen molar-refractivity contribution in [2.45, 2.75) is 57.8 Å². The molecule has 1 amide bonds. The molecule has 1 fully saturated rings. The van der Waals surface area contributed by atoms with Crippen LogP contribution in [0.5, 0.6) is 0 Å². The van der Waals surface area contributed by atoms with E-state index in [4.69, 9.17) is 11.6 Å². The number of aryl methyl sites for hydroxylation is 4. The fraction of sp³-hybridized carbons (Fsp3) is 0.419. The fourth-order valence-electron chi connectivity index (χ4n) is 5.23. The Morgan fingerprint density at radius 1 is 1.07 bits per heavy atom. The van der Waals surface area contributed by atoms with Crippen molar-refractivity contribution in [2.75, 3.05) is 35.9 Å². The number of nitrogens with one attached hydrogen (secondary N) is 1. The Kier molecular flexibility index (Phi) is 9.74. The van der Waals surface area contributed by atoms with E-state index in [1.807, 2.05) is 30.5 Å². The smallest absolute Gasteiger partial charge is 0.264 e. The molecule has 1 N–H and O–H groups in total. The van der Waals surface area contributed by atoms with Crippen LogP contribution in [-0.2, 0) is 21.2 Å². The predicted molar refractivity (Wildman–Crippen MR) is 163 cm³/mol. The first kappa shape index (κ1) is 29.9. The molecule has 1 aromatic heterocycles. The Morgan fingerprint density at radius 3 is 2.52 bits per heavy atom. The summed E-state index contributed by atoms with van der Waals surface area (Å²) in [4.78, 5) is 19.7. The minimum Gasteiger partial charge on any atom is -0.357 e. The SMILES string of the molecule is Cc1ccnc(N2CCC(CCNC(=O)CCc3ccccc3N(C)S(=O)(=O)c3cc(C)c(Cl)cc3C)CC2)c1. The number of hydrogen-bond donors (Lipinski definition) is 1. The quantitative estimate of drug-likeness (QED) is 0.325. The average Bonchev–Trinajstić information content (AvgIpc) is 2.94. The van der Waals surface area contributed by atoms with E-state index >= 15 is 0 Å². The number of carbonyl (C=O) groups excluding carboxylic acids is 1. The molecule has 214 valence electrons. The number of hydrogen-bond acceptors (Lipinski definition) is 5. The van der Waals surface area contributed by atoms with E-state index in [0.717, 1.165) is 43.7 Å². The number of aromatic nitrogens is 1. The van der Waals surface area contributed by atoms with E-state index < -0.39 is 10.0 Å². The molecule has 40 heavy (non-hydrogen) atoms. The summed E-state index contributed by atoms with van der Waals surface area (Å²) in [6.45, 7) is 8.24. The van der Waals surface area contributed by atoms with Gasteiger partial charge in [-0.25, -0.2) is 13.4 Å². The number of carbonyl (C=O) groups is 1. The van der Waals surface area contributed by atoms with Gasteiger partial charge in [-0.1, -0.05) is 29.8 Å². The maximum atomic E-state index is 13.5. The zero-order valence-electron chi connectivity index (χ0n) is 23.8. The predicted octanol–water partition coefficient (Wildman–Crippen LogP) is 5.84. The van der Waals surface area contributed by atoms with Gasteiger partial charge in [0.1, 0.15) is 5.82 Å². The second kappa shape index (κ2) is 13.0. The molecule has 0 saturated carbocycles. The van der Waals surface area contributed by atoms with E-state index in [0.29, 0.717) is 47.1 Å². The molecule has 9 heteroatoms. The number of anilines is 2. The summed E-state index contributed by atoms with van der Waals surface area (Å²) in [6.07, 6.45) is 5.74. The van der Waals surface area contributed by atoms with Crippen LogP contribution in [0.2, 0.25) is 5.02 Å². The zero-order chi connectivity index (χ0) is 28.9. The Morgan fingerprint density at radius 2 is 1.80 bits per heavy atom. The molecule has 0 spiro atoms. The third-order valence-corrected chi connectivity index (χ3v) is 10.1. The van der Waals surface area contributed by atoms with Crippen LogP contribution in [-0.4, -0.2) is 46.0 Å². The molecule has 1 aliphatic heterocycles. The van der Waals surface area contributed by atoms with Crippen LogP contribution < -0.4 is 14.5 Å². The minimum absolute atomic E-state index is 0.0223. The summed E-state index contributed by atoms with van der Waals surface area (Å²) in [5.41, 5.74) is 3.90. The first-order valence-electron chi connectivity index (χ1n) is 13.8. The van der Waals surface area contributed by atoms with Gasteiger partial charge in [0.25, 0.3) is 10.0 Å². The van der Waals surface area contributed by atoms with E-state index in [9.17, 15) is 13.2 Å². The first-order chi connectivity index (χ1) is 19.1. The zero-order valence-corrected chi connectivity index (χ0v) is 25.4. The van der Waals surface area contributed by atoms with Gasteiger partial charge in [0.05, 0.1) is 10.6 Å². The summed E-state index contributed by atoms with van der Waals surface area (Å²) < 4.78 is 28.3. The molecule has 0 bridgehead atoms. The summed E-state index contributed by atoms with van der Waals surface area (Å²) in [7, 11) is -2.25. The topological polar surface area (TPSA) is 82.6 Å². The Labute approximate surface area is 243 Å². The first-order valence-corrected chi connectivity index (χ1v) is 15.7. The van der Waals surface area contributed by atoms with Crippen molar-refractivity contribution in [2.24, 2.45) is 5.92 Å². The van der Waals surface area contributed by atoms with Gasteiger partial charge < -0.3 is 10.2 Å². The highest BCUT2D eigenvalue weighted by Gasteiger charge is 2.26. The maximum Gasteiger partial charge on any atom is 0.264 e. The lowest BCUT2D eigenvalue weighted by Crippen LogP contribution is -2.35. The molecular formula is C31H39ClN4O3S. The standard InChI is InChI=1S/C31H39ClN4O3S/c1-22-11-15-33-30(19-22)36-17-13-25(14-18-36)12-16-34-31(37)10-9-26-7-5-6-8-28(26)35(4)40(38,39)29-21-23(2)27(32)20-24(29)3/h5-8,11,15,19-21,25H,9-10,12-14,16-18H2,1-4H3,(H,34,37). The van der Waals surface area contributed by atoms with Crippen molar-refractivity contribution in [1.82, 2.24) is 10.3 Å². The number of para-hydroxylation sites is 1. The third kappa shape index (κ3) is 7.15. The lowest BCUT2D eigenvalue weighted by atomic mass is 9.93. The van der Waals surface area contributed by atoms with Crippen molar-refractivity contribution in [1.29, 1.82) is 0 Å². The molecular weight excluding hydrogens is 544 g/mol. The molecule has 2 aromatic carbocycles. The van der Waals surface area contributed by atoms with E-state index in [1.165, 1.54) is 9.87 Å². The highest BCUT2D eigenvalue weighted by molar-refractivity contribution is 7.92. The van der Waals surface area contributed by atoms with Crippen LogP contribution in [0.15, 0.2) is 59.6 Å². The normalized spacial score (nSPS) is 14.3. The van der Waals surface area contributed by atoms with Crippen molar-refractivity contribution >= 4 is 39.0 Å². The Balaban J connectivity index is 1.28. The molecule has 2 heterocycles. The summed E-state index contributed by atoms with van der Waals surface area (Å²) >= 11 is 6.19. The molecule has 0 atom stereocenters. The second-order valence-electron chi connectivity index (χ2n) is 10.7. The molecule has 1 saturated heterocycles. The summed E-state index contributed by atoms with van der Waals surface area (Å²) in [5, 5.41) is 3.60. The highest BCUT2D eigenvalue weighted by Crippen LogP contribution is 2.30. The van der Waals surface area contributed by atoms with Gasteiger partial charge in [-0.2, -0.15) is 0 Å². The van der Waals surface area contributed by atoms with Crippen LogP contribution in [0, 0.1) is 26.7 Å². The fourth-order valence-corrected chi connectivity index (χ4v) is 6.98. The third-order valence-electron chi connectivity index (χ3n) is 7.76. The van der Waals surface area contributed by atoms with Gasteiger partial charge in [0.2, 0.25) is 5.91 Å². The van der Waals surface area contributed by atoms with Crippen LogP contribution in [0.1, 0.15) is 47.9 Å². The monoisotopic (exact) mass is 582 g/mol. The number of benzene rings is 2. The van der Waals surface area contributed by atoms with Gasteiger partial charge in [0, 0.05) is 44.3 Å². The van der Waals surface area contributed by atoms with E-state index in [1.54, 1.807) is 39.1 Å². The van der Waals surface area contributed by atoms with Crippen LogP contribution in [0.3, 0.4) is 0 Å². The lowest BCUT2D eigenvalue weighted by molar-refractivity contribution is -0.121. The second-order valence-corrected chi connectivity index (χ2v) is 13.1. The van der Waals surface area contributed by atoms with Crippen LogP contribution >= 0.6 is 11.6 Å². The van der Waals surface area contributed by atoms with Crippen LogP contribution in [0.4, 0.5) is 11.5 Å².